The highest BCUT2D eigenvalue weighted by atomic mass is 15.3. The van der Waals surface area contributed by atoms with E-state index in [1.54, 1.807) is 6.07 Å². The van der Waals surface area contributed by atoms with E-state index in [1.165, 1.54) is 6.20 Å². The molecule has 74 valence electrons. The molecule has 14 heavy (non-hydrogen) atoms. The molecule has 1 heterocycles. The van der Waals surface area contributed by atoms with Crippen molar-refractivity contribution in [2.75, 3.05) is 11.9 Å². The third-order valence-corrected chi connectivity index (χ3v) is 2.41. The van der Waals surface area contributed by atoms with E-state index in [9.17, 15) is 0 Å². The molecule has 4 nitrogen and oxygen atoms in total. The summed E-state index contributed by atoms with van der Waals surface area (Å²) in [6, 6.07) is 4.15. The first kappa shape index (κ1) is 10.5. The number of nitriles is 1. The molecule has 1 atom stereocenters. The van der Waals surface area contributed by atoms with Crippen LogP contribution in [-0.4, -0.2) is 23.3 Å². The minimum absolute atomic E-state index is 0.360. The molecular formula is C10H14N4. The van der Waals surface area contributed by atoms with Crippen molar-refractivity contribution in [3.05, 3.63) is 17.8 Å². The molecule has 0 aliphatic rings. The molecule has 1 rings (SSSR count). The molecule has 0 aliphatic carbocycles. The van der Waals surface area contributed by atoms with E-state index in [2.05, 4.69) is 30.1 Å². The molecule has 0 amide bonds. The molecule has 0 radical (unpaired) electrons. The number of rotatable bonds is 3. The van der Waals surface area contributed by atoms with Crippen molar-refractivity contribution in [3.63, 3.8) is 0 Å². The Kier molecular flexibility index (Phi) is 3.41. The Morgan fingerprint density at radius 1 is 1.64 bits per heavy atom. The lowest BCUT2D eigenvalue weighted by Gasteiger charge is -2.24. The number of hydrogen-bond donors (Lipinski definition) is 0. The van der Waals surface area contributed by atoms with Gasteiger partial charge in [0.05, 0.1) is 11.8 Å². The number of hydrogen-bond acceptors (Lipinski definition) is 4. The van der Waals surface area contributed by atoms with Crippen molar-refractivity contribution in [3.8, 4) is 6.07 Å². The summed E-state index contributed by atoms with van der Waals surface area (Å²) in [5.41, 5.74) is 0.572. The van der Waals surface area contributed by atoms with Crippen LogP contribution in [0.2, 0.25) is 0 Å². The molecule has 0 N–H and O–H groups in total. The van der Waals surface area contributed by atoms with E-state index >= 15 is 0 Å². The van der Waals surface area contributed by atoms with E-state index in [0.29, 0.717) is 17.4 Å². The van der Waals surface area contributed by atoms with Gasteiger partial charge in [0, 0.05) is 13.1 Å². The average Bonchev–Trinajstić information content (AvgIpc) is 2.26. The lowest BCUT2D eigenvalue weighted by atomic mass is 10.2. The number of aromatic nitrogens is 2. The van der Waals surface area contributed by atoms with Crippen molar-refractivity contribution in [2.24, 2.45) is 0 Å². The van der Waals surface area contributed by atoms with Gasteiger partial charge in [0.2, 0.25) is 0 Å². The van der Waals surface area contributed by atoms with Crippen LogP contribution >= 0.6 is 0 Å². The standard InChI is InChI=1S/C10H14N4/c1-4-8(2)14(3)10-9(7-11)5-6-12-13-10/h5-6,8H,4H2,1-3H3. The smallest absolute Gasteiger partial charge is 0.169 e. The van der Waals surface area contributed by atoms with Crippen molar-refractivity contribution in [1.82, 2.24) is 10.2 Å². The monoisotopic (exact) mass is 190 g/mol. The summed E-state index contributed by atoms with van der Waals surface area (Å²) in [5, 5.41) is 16.6. The van der Waals surface area contributed by atoms with Crippen LogP contribution in [0.4, 0.5) is 5.82 Å². The van der Waals surface area contributed by atoms with Crippen LogP contribution in [0.15, 0.2) is 12.3 Å². The maximum Gasteiger partial charge on any atom is 0.169 e. The summed E-state index contributed by atoms with van der Waals surface area (Å²) in [4.78, 5) is 1.98. The van der Waals surface area contributed by atoms with Gasteiger partial charge >= 0.3 is 0 Å². The highest BCUT2D eigenvalue weighted by molar-refractivity contribution is 5.52. The molecule has 0 spiro atoms. The number of anilines is 1. The van der Waals surface area contributed by atoms with Gasteiger partial charge < -0.3 is 4.90 Å². The van der Waals surface area contributed by atoms with E-state index in [-0.39, 0.29) is 0 Å². The molecular weight excluding hydrogens is 176 g/mol. The largest absolute Gasteiger partial charge is 0.354 e. The van der Waals surface area contributed by atoms with Crippen LogP contribution in [0.3, 0.4) is 0 Å². The Bertz CT molecular complexity index is 342. The summed E-state index contributed by atoms with van der Waals surface area (Å²) in [6.45, 7) is 4.19. The number of nitrogens with zero attached hydrogens (tertiary/aromatic N) is 4. The highest BCUT2D eigenvalue weighted by Crippen LogP contribution is 2.16. The molecule has 0 bridgehead atoms. The van der Waals surface area contributed by atoms with Gasteiger partial charge in [-0.25, -0.2) is 0 Å². The predicted octanol–water partition coefficient (Wildman–Crippen LogP) is 1.58. The second-order valence-electron chi connectivity index (χ2n) is 3.25. The van der Waals surface area contributed by atoms with Crippen LogP contribution in [0.25, 0.3) is 0 Å². The normalized spacial score (nSPS) is 11.9. The summed E-state index contributed by atoms with van der Waals surface area (Å²) >= 11 is 0. The van der Waals surface area contributed by atoms with Crippen molar-refractivity contribution >= 4 is 5.82 Å². The van der Waals surface area contributed by atoms with E-state index < -0.39 is 0 Å². The first-order valence-electron chi connectivity index (χ1n) is 4.65. The lowest BCUT2D eigenvalue weighted by molar-refractivity contribution is 0.651. The van der Waals surface area contributed by atoms with Gasteiger partial charge in [-0.05, 0) is 19.4 Å². The zero-order valence-electron chi connectivity index (χ0n) is 8.73. The van der Waals surface area contributed by atoms with Crippen molar-refractivity contribution < 1.29 is 0 Å². The Morgan fingerprint density at radius 3 is 2.93 bits per heavy atom. The SMILES string of the molecule is CCC(C)N(C)c1nnccc1C#N. The predicted molar refractivity (Wildman–Crippen MR) is 54.9 cm³/mol. The first-order valence-corrected chi connectivity index (χ1v) is 4.65. The fourth-order valence-electron chi connectivity index (χ4n) is 1.15. The fourth-order valence-corrected chi connectivity index (χ4v) is 1.15. The van der Waals surface area contributed by atoms with Crippen LogP contribution < -0.4 is 4.90 Å². The topological polar surface area (TPSA) is 52.8 Å². The minimum atomic E-state index is 0.360. The summed E-state index contributed by atoms with van der Waals surface area (Å²) in [6.07, 6.45) is 2.55. The lowest BCUT2D eigenvalue weighted by Crippen LogP contribution is -2.29. The van der Waals surface area contributed by atoms with E-state index in [4.69, 9.17) is 5.26 Å². The second kappa shape index (κ2) is 4.56. The molecule has 0 saturated heterocycles. The molecule has 0 aliphatic heterocycles. The Balaban J connectivity index is 3.01. The van der Waals surface area contributed by atoms with Gasteiger partial charge in [-0.1, -0.05) is 6.92 Å². The molecule has 0 saturated carbocycles. The van der Waals surface area contributed by atoms with Crippen molar-refractivity contribution in [2.45, 2.75) is 26.3 Å². The van der Waals surface area contributed by atoms with E-state index in [1.807, 2.05) is 11.9 Å². The van der Waals surface area contributed by atoms with Gasteiger partial charge in [-0.3, -0.25) is 0 Å². The van der Waals surface area contributed by atoms with Crippen LogP contribution in [0.5, 0.6) is 0 Å². The van der Waals surface area contributed by atoms with Gasteiger partial charge in [-0.2, -0.15) is 10.4 Å². The average molecular weight is 190 g/mol. The minimum Gasteiger partial charge on any atom is -0.354 e. The third-order valence-electron chi connectivity index (χ3n) is 2.41. The Hall–Kier alpha value is -1.63. The maximum absolute atomic E-state index is 8.88. The molecule has 1 aromatic rings. The quantitative estimate of drug-likeness (QED) is 0.726. The summed E-state index contributed by atoms with van der Waals surface area (Å²) < 4.78 is 0. The highest BCUT2D eigenvalue weighted by Gasteiger charge is 2.13. The van der Waals surface area contributed by atoms with Crippen LogP contribution in [-0.2, 0) is 0 Å². The molecule has 4 heteroatoms. The summed E-state index contributed by atoms with van der Waals surface area (Å²) in [5.74, 6) is 0.657. The van der Waals surface area contributed by atoms with E-state index in [0.717, 1.165) is 6.42 Å². The molecule has 1 unspecified atom stereocenters. The molecule has 0 aromatic carbocycles. The third kappa shape index (κ3) is 1.99. The zero-order valence-corrected chi connectivity index (χ0v) is 8.73. The van der Waals surface area contributed by atoms with Gasteiger partial charge in [0.15, 0.2) is 5.82 Å². The Morgan fingerprint density at radius 2 is 2.36 bits per heavy atom. The molecule has 1 aromatic heterocycles. The first-order chi connectivity index (χ1) is 6.70. The molecule has 0 fully saturated rings. The van der Waals surface area contributed by atoms with Crippen LogP contribution in [0.1, 0.15) is 25.8 Å². The Labute approximate surface area is 84.2 Å². The fraction of sp³-hybridized carbons (Fsp3) is 0.500. The van der Waals surface area contributed by atoms with Gasteiger partial charge in [0.25, 0.3) is 0 Å². The zero-order chi connectivity index (χ0) is 10.6. The maximum atomic E-state index is 8.88. The van der Waals surface area contributed by atoms with Gasteiger partial charge in [-0.15, -0.1) is 5.10 Å². The van der Waals surface area contributed by atoms with Gasteiger partial charge in [0.1, 0.15) is 6.07 Å². The second-order valence-corrected chi connectivity index (χ2v) is 3.25. The summed E-state index contributed by atoms with van der Waals surface area (Å²) in [7, 11) is 1.93. The van der Waals surface area contributed by atoms with Crippen molar-refractivity contribution in [1.29, 1.82) is 5.26 Å². The van der Waals surface area contributed by atoms with Crippen LogP contribution in [0, 0.1) is 11.3 Å².